The van der Waals surface area contributed by atoms with Crippen LogP contribution >= 0.6 is 0 Å². The van der Waals surface area contributed by atoms with Gasteiger partial charge in [0.2, 0.25) is 0 Å². The van der Waals surface area contributed by atoms with Gasteiger partial charge in [-0.3, -0.25) is 4.90 Å². The second kappa shape index (κ2) is 9.59. The highest BCUT2D eigenvalue weighted by Crippen LogP contribution is 2.15. The van der Waals surface area contributed by atoms with E-state index >= 15 is 0 Å². The highest BCUT2D eigenvalue weighted by molar-refractivity contribution is 5.27. The average molecular weight is 338 g/mol. The third-order valence-electron chi connectivity index (χ3n) is 4.89. The minimum atomic E-state index is 0.728. The molecule has 25 heavy (non-hydrogen) atoms. The minimum Gasteiger partial charge on any atom is -0.494 e. The molecule has 134 valence electrons. The molecule has 2 aromatic rings. The summed E-state index contributed by atoms with van der Waals surface area (Å²) in [5.41, 5.74) is 2.83. The number of hydrogen-bond acceptors (Lipinski definition) is 3. The maximum absolute atomic E-state index is 5.51. The van der Waals surface area contributed by atoms with Gasteiger partial charge in [-0.1, -0.05) is 42.5 Å². The summed E-state index contributed by atoms with van der Waals surface area (Å²) in [5.74, 6) is 0.967. The van der Waals surface area contributed by atoms with Gasteiger partial charge in [0.25, 0.3) is 0 Å². The van der Waals surface area contributed by atoms with Gasteiger partial charge in [-0.15, -0.1) is 0 Å². The molecule has 0 bridgehead atoms. The highest BCUT2D eigenvalue weighted by Gasteiger charge is 2.16. The molecule has 1 aliphatic heterocycles. The first kappa shape index (κ1) is 18.0. The van der Waals surface area contributed by atoms with E-state index in [1.807, 2.05) is 6.92 Å². The van der Waals surface area contributed by atoms with Gasteiger partial charge < -0.3 is 9.64 Å². The Morgan fingerprint density at radius 2 is 1.48 bits per heavy atom. The third kappa shape index (κ3) is 5.87. The van der Waals surface area contributed by atoms with Gasteiger partial charge in [-0.25, -0.2) is 0 Å². The average Bonchev–Trinajstić information content (AvgIpc) is 2.66. The van der Waals surface area contributed by atoms with E-state index in [0.29, 0.717) is 0 Å². The summed E-state index contributed by atoms with van der Waals surface area (Å²) >= 11 is 0. The van der Waals surface area contributed by atoms with Crippen LogP contribution in [-0.2, 0) is 13.0 Å². The minimum absolute atomic E-state index is 0.728. The van der Waals surface area contributed by atoms with Crippen molar-refractivity contribution in [2.24, 2.45) is 0 Å². The summed E-state index contributed by atoms with van der Waals surface area (Å²) in [6.45, 7) is 9.71. The molecular weight excluding hydrogens is 308 g/mol. The summed E-state index contributed by atoms with van der Waals surface area (Å²) in [7, 11) is 0. The maximum Gasteiger partial charge on any atom is 0.119 e. The van der Waals surface area contributed by atoms with Gasteiger partial charge in [-0.2, -0.15) is 0 Å². The van der Waals surface area contributed by atoms with Gasteiger partial charge in [0.05, 0.1) is 6.61 Å². The van der Waals surface area contributed by atoms with Crippen molar-refractivity contribution in [2.75, 3.05) is 39.3 Å². The molecule has 0 aromatic heterocycles. The first-order valence-corrected chi connectivity index (χ1v) is 9.54. The first-order chi connectivity index (χ1) is 12.3. The van der Waals surface area contributed by atoms with E-state index in [-0.39, 0.29) is 0 Å². The summed E-state index contributed by atoms with van der Waals surface area (Å²) in [5, 5.41) is 0. The lowest BCUT2D eigenvalue weighted by Crippen LogP contribution is -2.46. The second-order valence-corrected chi connectivity index (χ2v) is 6.78. The van der Waals surface area contributed by atoms with Crippen LogP contribution in [0, 0.1) is 0 Å². The van der Waals surface area contributed by atoms with Gasteiger partial charge in [0, 0.05) is 32.7 Å². The smallest absolute Gasteiger partial charge is 0.119 e. The number of aryl methyl sites for hydroxylation is 1. The fourth-order valence-corrected chi connectivity index (χ4v) is 3.44. The molecule has 0 radical (unpaired) electrons. The van der Waals surface area contributed by atoms with E-state index in [1.54, 1.807) is 0 Å². The molecule has 1 saturated heterocycles. The van der Waals surface area contributed by atoms with Crippen molar-refractivity contribution in [3.05, 3.63) is 65.7 Å². The number of piperazine rings is 1. The SMILES string of the molecule is CCOc1ccc(CN2CCN(CCCc3ccccc3)CC2)cc1. The van der Waals surface area contributed by atoms with Crippen molar-refractivity contribution >= 4 is 0 Å². The molecule has 3 heteroatoms. The number of benzene rings is 2. The Labute approximate surface area is 152 Å². The Morgan fingerprint density at radius 3 is 2.16 bits per heavy atom. The molecule has 1 aliphatic rings. The van der Waals surface area contributed by atoms with E-state index in [0.717, 1.165) is 18.9 Å². The second-order valence-electron chi connectivity index (χ2n) is 6.78. The quantitative estimate of drug-likeness (QED) is 0.727. The number of ether oxygens (including phenoxy) is 1. The molecule has 2 aromatic carbocycles. The van der Waals surface area contributed by atoms with Crippen LogP contribution in [-0.4, -0.2) is 49.1 Å². The molecule has 1 fully saturated rings. The van der Waals surface area contributed by atoms with Crippen molar-refractivity contribution in [3.63, 3.8) is 0 Å². The Balaban J connectivity index is 1.35. The molecule has 0 aliphatic carbocycles. The van der Waals surface area contributed by atoms with Crippen LogP contribution in [0.4, 0.5) is 0 Å². The normalized spacial score (nSPS) is 16.0. The molecule has 1 heterocycles. The topological polar surface area (TPSA) is 15.7 Å². The molecular formula is C22H30N2O. The Morgan fingerprint density at radius 1 is 0.800 bits per heavy atom. The van der Waals surface area contributed by atoms with Gasteiger partial charge in [-0.05, 0) is 49.6 Å². The van der Waals surface area contributed by atoms with E-state index in [1.165, 1.54) is 56.7 Å². The molecule has 0 amide bonds. The Bertz CT molecular complexity index is 604. The fourth-order valence-electron chi connectivity index (χ4n) is 3.44. The standard InChI is InChI=1S/C22H30N2O/c1-2-25-22-12-10-21(11-13-22)19-24-17-15-23(16-18-24)14-6-9-20-7-4-3-5-8-20/h3-5,7-8,10-13H,2,6,9,14-19H2,1H3. The number of rotatable bonds is 8. The third-order valence-corrected chi connectivity index (χ3v) is 4.89. The Kier molecular flexibility index (Phi) is 6.89. The summed E-state index contributed by atoms with van der Waals surface area (Å²) in [4.78, 5) is 5.17. The fraction of sp³-hybridized carbons (Fsp3) is 0.455. The zero-order valence-corrected chi connectivity index (χ0v) is 15.4. The van der Waals surface area contributed by atoms with Crippen molar-refractivity contribution in [1.82, 2.24) is 9.80 Å². The predicted octanol–water partition coefficient (Wildman–Crippen LogP) is 3.84. The van der Waals surface area contributed by atoms with E-state index in [4.69, 9.17) is 4.74 Å². The van der Waals surface area contributed by atoms with Crippen molar-refractivity contribution < 1.29 is 4.74 Å². The van der Waals surface area contributed by atoms with Gasteiger partial charge in [0.1, 0.15) is 5.75 Å². The van der Waals surface area contributed by atoms with Crippen LogP contribution < -0.4 is 4.74 Å². The van der Waals surface area contributed by atoms with Crippen LogP contribution in [0.3, 0.4) is 0 Å². The van der Waals surface area contributed by atoms with Crippen molar-refractivity contribution in [3.8, 4) is 5.75 Å². The molecule has 0 atom stereocenters. The molecule has 0 saturated carbocycles. The molecule has 3 nitrogen and oxygen atoms in total. The highest BCUT2D eigenvalue weighted by atomic mass is 16.5. The van der Waals surface area contributed by atoms with Crippen LogP contribution in [0.1, 0.15) is 24.5 Å². The Hall–Kier alpha value is -1.84. The van der Waals surface area contributed by atoms with E-state index < -0.39 is 0 Å². The zero-order valence-electron chi connectivity index (χ0n) is 15.4. The van der Waals surface area contributed by atoms with Crippen LogP contribution in [0.15, 0.2) is 54.6 Å². The van der Waals surface area contributed by atoms with Gasteiger partial charge >= 0.3 is 0 Å². The zero-order chi connectivity index (χ0) is 17.3. The number of nitrogens with zero attached hydrogens (tertiary/aromatic N) is 2. The predicted molar refractivity (Wildman–Crippen MR) is 104 cm³/mol. The van der Waals surface area contributed by atoms with Gasteiger partial charge in [0.15, 0.2) is 0 Å². The summed E-state index contributed by atoms with van der Waals surface area (Å²) in [6.07, 6.45) is 2.44. The lowest BCUT2D eigenvalue weighted by molar-refractivity contribution is 0.126. The molecule has 0 unspecified atom stereocenters. The van der Waals surface area contributed by atoms with Crippen molar-refractivity contribution in [2.45, 2.75) is 26.3 Å². The molecule has 3 rings (SSSR count). The maximum atomic E-state index is 5.51. The number of hydrogen-bond donors (Lipinski definition) is 0. The van der Waals surface area contributed by atoms with Crippen LogP contribution in [0.5, 0.6) is 5.75 Å². The van der Waals surface area contributed by atoms with Crippen molar-refractivity contribution in [1.29, 1.82) is 0 Å². The summed E-state index contributed by atoms with van der Waals surface area (Å²) in [6, 6.07) is 19.4. The lowest BCUT2D eigenvalue weighted by Gasteiger charge is -2.34. The van der Waals surface area contributed by atoms with E-state index in [2.05, 4.69) is 64.4 Å². The largest absolute Gasteiger partial charge is 0.494 e. The van der Waals surface area contributed by atoms with Crippen LogP contribution in [0.25, 0.3) is 0 Å². The molecule has 0 N–H and O–H groups in total. The van der Waals surface area contributed by atoms with E-state index in [9.17, 15) is 0 Å². The molecule has 0 spiro atoms. The first-order valence-electron chi connectivity index (χ1n) is 9.54. The summed E-state index contributed by atoms with van der Waals surface area (Å²) < 4.78 is 5.51. The lowest BCUT2D eigenvalue weighted by atomic mass is 10.1. The monoisotopic (exact) mass is 338 g/mol. The van der Waals surface area contributed by atoms with Crippen LogP contribution in [0.2, 0.25) is 0 Å².